The van der Waals surface area contributed by atoms with Gasteiger partial charge in [-0.15, -0.1) is 0 Å². The maximum Gasteiger partial charge on any atom is 0.307 e. The van der Waals surface area contributed by atoms with Crippen LogP contribution in [0, 0.1) is 13.8 Å². The zero-order chi connectivity index (χ0) is 15.8. The van der Waals surface area contributed by atoms with Crippen molar-refractivity contribution in [3.8, 4) is 5.75 Å². The van der Waals surface area contributed by atoms with Gasteiger partial charge in [0.1, 0.15) is 5.75 Å². The van der Waals surface area contributed by atoms with E-state index in [1.54, 1.807) is 7.11 Å². The first-order valence-corrected chi connectivity index (χ1v) is 7.07. The summed E-state index contributed by atoms with van der Waals surface area (Å²) in [6, 6.07) is 3.92. The number of aliphatic hydroxyl groups is 1. The molecule has 5 nitrogen and oxygen atoms in total. The average Bonchev–Trinajstić information content (AvgIpc) is 2.47. The van der Waals surface area contributed by atoms with Crippen molar-refractivity contribution in [2.75, 3.05) is 27.4 Å². The van der Waals surface area contributed by atoms with Crippen LogP contribution in [0.4, 0.5) is 0 Å². The Labute approximate surface area is 126 Å². The third-order valence-corrected chi connectivity index (χ3v) is 3.54. The molecule has 0 aliphatic heterocycles. The van der Waals surface area contributed by atoms with Crippen LogP contribution < -0.4 is 10.1 Å². The second-order valence-electron chi connectivity index (χ2n) is 5.10. The number of carbonyl (C=O) groups is 1. The number of ether oxygens (including phenoxy) is 2. The van der Waals surface area contributed by atoms with Gasteiger partial charge in [-0.05, 0) is 49.1 Å². The molecule has 0 radical (unpaired) electrons. The highest BCUT2D eigenvalue weighted by Crippen LogP contribution is 2.23. The van der Waals surface area contributed by atoms with E-state index < -0.39 is 0 Å². The highest BCUT2D eigenvalue weighted by molar-refractivity contribution is 5.70. The van der Waals surface area contributed by atoms with Crippen LogP contribution >= 0.6 is 0 Å². The highest BCUT2D eigenvalue weighted by Gasteiger charge is 2.17. The minimum atomic E-state index is -0.255. The summed E-state index contributed by atoms with van der Waals surface area (Å²) in [7, 11) is 3.03. The number of nitrogens with one attached hydrogen (secondary N) is 1. The van der Waals surface area contributed by atoms with Gasteiger partial charge in [0, 0.05) is 12.6 Å². The van der Waals surface area contributed by atoms with Gasteiger partial charge in [-0.25, -0.2) is 0 Å². The summed E-state index contributed by atoms with van der Waals surface area (Å²) in [5.74, 6) is 0.579. The van der Waals surface area contributed by atoms with Crippen molar-refractivity contribution in [2.24, 2.45) is 0 Å². The van der Waals surface area contributed by atoms with E-state index in [9.17, 15) is 4.79 Å². The van der Waals surface area contributed by atoms with Gasteiger partial charge in [-0.1, -0.05) is 0 Å². The lowest BCUT2D eigenvalue weighted by Crippen LogP contribution is -2.36. The van der Waals surface area contributed by atoms with Gasteiger partial charge in [0.15, 0.2) is 0 Å². The van der Waals surface area contributed by atoms with Crippen LogP contribution in [-0.4, -0.2) is 44.5 Å². The van der Waals surface area contributed by atoms with Crippen molar-refractivity contribution >= 4 is 5.97 Å². The fourth-order valence-electron chi connectivity index (χ4n) is 2.41. The van der Waals surface area contributed by atoms with Gasteiger partial charge in [-0.2, -0.15) is 0 Å². The Bertz CT molecular complexity index is 450. The van der Waals surface area contributed by atoms with Crippen LogP contribution in [0.1, 0.15) is 23.1 Å². The molecule has 1 rings (SSSR count). The molecule has 0 saturated carbocycles. The van der Waals surface area contributed by atoms with Crippen molar-refractivity contribution in [1.29, 1.82) is 0 Å². The molecule has 2 N–H and O–H groups in total. The Morgan fingerprint density at radius 3 is 2.38 bits per heavy atom. The van der Waals surface area contributed by atoms with E-state index >= 15 is 0 Å². The van der Waals surface area contributed by atoms with Crippen molar-refractivity contribution in [2.45, 2.75) is 32.7 Å². The molecule has 0 amide bonds. The second-order valence-corrected chi connectivity index (χ2v) is 5.10. The Balaban J connectivity index is 2.89. The Kier molecular flexibility index (Phi) is 7.19. The molecular weight excluding hydrogens is 270 g/mol. The summed E-state index contributed by atoms with van der Waals surface area (Å²) < 4.78 is 9.99. The van der Waals surface area contributed by atoms with Crippen molar-refractivity contribution in [3.63, 3.8) is 0 Å². The second kappa shape index (κ2) is 8.64. The fourth-order valence-corrected chi connectivity index (χ4v) is 2.41. The van der Waals surface area contributed by atoms with E-state index in [1.807, 2.05) is 26.0 Å². The molecule has 0 fully saturated rings. The van der Waals surface area contributed by atoms with Gasteiger partial charge in [0.2, 0.25) is 0 Å². The number of methoxy groups -OCH3 is 2. The Hall–Kier alpha value is -1.59. The number of aryl methyl sites for hydroxylation is 2. The van der Waals surface area contributed by atoms with Crippen LogP contribution in [0.15, 0.2) is 12.1 Å². The van der Waals surface area contributed by atoms with E-state index in [1.165, 1.54) is 12.7 Å². The molecule has 5 heteroatoms. The first-order valence-electron chi connectivity index (χ1n) is 7.07. The molecule has 21 heavy (non-hydrogen) atoms. The highest BCUT2D eigenvalue weighted by atomic mass is 16.5. The lowest BCUT2D eigenvalue weighted by atomic mass is 9.94. The first kappa shape index (κ1) is 17.5. The van der Waals surface area contributed by atoms with Crippen LogP contribution in [-0.2, 0) is 16.0 Å². The molecule has 0 aromatic heterocycles. The van der Waals surface area contributed by atoms with Crippen LogP contribution in [0.3, 0.4) is 0 Å². The van der Waals surface area contributed by atoms with E-state index in [2.05, 4.69) is 5.32 Å². The molecule has 1 unspecified atom stereocenters. The predicted molar refractivity (Wildman–Crippen MR) is 81.7 cm³/mol. The van der Waals surface area contributed by atoms with Crippen LogP contribution in [0.5, 0.6) is 5.75 Å². The Morgan fingerprint density at radius 1 is 1.29 bits per heavy atom. The van der Waals surface area contributed by atoms with Gasteiger partial charge in [-0.3, -0.25) is 4.79 Å². The minimum Gasteiger partial charge on any atom is -0.497 e. The minimum absolute atomic E-state index is 0.0399. The molecule has 0 aliphatic carbocycles. The number of esters is 1. The van der Waals surface area contributed by atoms with E-state index in [0.29, 0.717) is 13.0 Å². The SMILES string of the molecule is COC(=O)CC(Cc1c(C)cc(OC)cc1C)NCCO. The van der Waals surface area contributed by atoms with Crippen molar-refractivity contribution in [1.82, 2.24) is 5.32 Å². The monoisotopic (exact) mass is 295 g/mol. The lowest BCUT2D eigenvalue weighted by molar-refractivity contribution is -0.141. The molecule has 0 bridgehead atoms. The van der Waals surface area contributed by atoms with E-state index in [0.717, 1.165) is 16.9 Å². The van der Waals surface area contributed by atoms with Gasteiger partial charge in [0.05, 0.1) is 27.2 Å². The molecule has 1 atom stereocenters. The summed E-state index contributed by atoms with van der Waals surface area (Å²) in [4.78, 5) is 11.5. The van der Waals surface area contributed by atoms with Gasteiger partial charge in [0.25, 0.3) is 0 Å². The maximum atomic E-state index is 11.5. The molecule has 1 aromatic carbocycles. The zero-order valence-electron chi connectivity index (χ0n) is 13.2. The molecule has 0 heterocycles. The normalized spacial score (nSPS) is 12.0. The van der Waals surface area contributed by atoms with Crippen molar-refractivity contribution < 1.29 is 19.4 Å². The standard InChI is InChI=1S/C16H25NO4/c1-11-7-14(20-3)8-12(2)15(11)9-13(17-5-6-18)10-16(19)21-4/h7-8,13,17-18H,5-6,9-10H2,1-4H3. The van der Waals surface area contributed by atoms with Gasteiger partial charge < -0.3 is 19.9 Å². The largest absolute Gasteiger partial charge is 0.497 e. The quantitative estimate of drug-likeness (QED) is 0.709. The lowest BCUT2D eigenvalue weighted by Gasteiger charge is -2.20. The number of carbonyl (C=O) groups excluding carboxylic acids is 1. The third-order valence-electron chi connectivity index (χ3n) is 3.54. The van der Waals surface area contributed by atoms with E-state index in [4.69, 9.17) is 14.6 Å². The summed E-state index contributed by atoms with van der Waals surface area (Å²) in [5.41, 5.74) is 3.45. The molecule has 0 saturated heterocycles. The topological polar surface area (TPSA) is 67.8 Å². The summed E-state index contributed by atoms with van der Waals surface area (Å²) >= 11 is 0. The van der Waals surface area contributed by atoms with Crippen LogP contribution in [0.25, 0.3) is 0 Å². The molecule has 0 aliphatic rings. The maximum absolute atomic E-state index is 11.5. The number of aliphatic hydroxyl groups excluding tert-OH is 1. The van der Waals surface area contributed by atoms with Crippen LogP contribution in [0.2, 0.25) is 0 Å². The summed E-state index contributed by atoms with van der Waals surface area (Å²) in [6.07, 6.45) is 0.984. The van der Waals surface area contributed by atoms with Gasteiger partial charge >= 0.3 is 5.97 Å². The number of hydrogen-bond acceptors (Lipinski definition) is 5. The summed E-state index contributed by atoms with van der Waals surface area (Å²) in [6.45, 7) is 4.56. The number of benzene rings is 1. The first-order chi connectivity index (χ1) is 10.0. The zero-order valence-corrected chi connectivity index (χ0v) is 13.2. The third kappa shape index (κ3) is 5.36. The molecule has 0 spiro atoms. The fraction of sp³-hybridized carbons (Fsp3) is 0.562. The summed E-state index contributed by atoms with van der Waals surface area (Å²) in [5, 5.41) is 12.1. The van der Waals surface area contributed by atoms with Crippen molar-refractivity contribution in [3.05, 3.63) is 28.8 Å². The molecule has 1 aromatic rings. The molecule has 118 valence electrons. The number of hydrogen-bond donors (Lipinski definition) is 2. The van der Waals surface area contributed by atoms with E-state index in [-0.39, 0.29) is 25.0 Å². The molecular formula is C16H25NO4. The Morgan fingerprint density at radius 2 is 1.90 bits per heavy atom. The predicted octanol–water partition coefficient (Wildman–Crippen LogP) is 1.37. The number of rotatable bonds is 8. The smallest absolute Gasteiger partial charge is 0.307 e. The average molecular weight is 295 g/mol.